The second kappa shape index (κ2) is 5.53. The van der Waals surface area contributed by atoms with E-state index in [0.717, 1.165) is 37.3 Å². The molecular formula is C17H19NO2. The molecule has 0 aliphatic carbocycles. The minimum absolute atomic E-state index is 0.0167. The van der Waals surface area contributed by atoms with Gasteiger partial charge in [0, 0.05) is 18.7 Å². The number of furan rings is 1. The summed E-state index contributed by atoms with van der Waals surface area (Å²) in [5, 5.41) is 0. The summed E-state index contributed by atoms with van der Waals surface area (Å²) in [6.45, 7) is 3.75. The summed E-state index contributed by atoms with van der Waals surface area (Å²) in [5.74, 6) is 1.22. The quantitative estimate of drug-likeness (QED) is 0.829. The Morgan fingerprint density at radius 2 is 1.70 bits per heavy atom. The van der Waals surface area contributed by atoms with Crippen molar-refractivity contribution < 1.29 is 9.21 Å². The third-order valence-corrected chi connectivity index (χ3v) is 3.80. The molecule has 0 N–H and O–H groups in total. The molecule has 0 spiro atoms. The number of hydrogen-bond donors (Lipinski definition) is 0. The van der Waals surface area contributed by atoms with E-state index in [0.29, 0.717) is 5.76 Å². The first-order valence-electron chi connectivity index (χ1n) is 7.20. The third-order valence-electron chi connectivity index (χ3n) is 3.80. The van der Waals surface area contributed by atoms with Crippen molar-refractivity contribution in [1.82, 2.24) is 4.90 Å². The van der Waals surface area contributed by atoms with E-state index in [2.05, 4.69) is 6.92 Å². The SMILES string of the molecule is Cc1ccc(-c2ccc(C(=O)N3CCCCC3)o2)cc1. The Bertz CT molecular complexity index is 592. The highest BCUT2D eigenvalue weighted by Crippen LogP contribution is 2.24. The molecule has 3 rings (SSSR count). The van der Waals surface area contributed by atoms with Gasteiger partial charge in [-0.3, -0.25) is 4.79 Å². The van der Waals surface area contributed by atoms with Gasteiger partial charge in [-0.1, -0.05) is 29.8 Å². The minimum atomic E-state index is 0.0167. The van der Waals surface area contributed by atoms with Gasteiger partial charge < -0.3 is 9.32 Å². The van der Waals surface area contributed by atoms with Gasteiger partial charge in [-0.05, 0) is 38.3 Å². The number of carbonyl (C=O) groups excluding carboxylic acids is 1. The summed E-state index contributed by atoms with van der Waals surface area (Å²) in [4.78, 5) is 14.2. The van der Waals surface area contributed by atoms with E-state index in [-0.39, 0.29) is 5.91 Å². The van der Waals surface area contributed by atoms with Crippen molar-refractivity contribution >= 4 is 5.91 Å². The molecule has 3 heteroatoms. The fourth-order valence-electron chi connectivity index (χ4n) is 2.58. The standard InChI is InChI=1S/C17H19NO2/c1-13-5-7-14(8-6-13)15-9-10-16(20-15)17(19)18-11-3-2-4-12-18/h5-10H,2-4,11-12H2,1H3. The van der Waals surface area contributed by atoms with Crippen LogP contribution in [-0.2, 0) is 0 Å². The average molecular weight is 269 g/mol. The number of benzene rings is 1. The highest BCUT2D eigenvalue weighted by Gasteiger charge is 2.21. The zero-order chi connectivity index (χ0) is 13.9. The number of amides is 1. The third kappa shape index (κ3) is 2.62. The molecule has 20 heavy (non-hydrogen) atoms. The molecule has 1 fully saturated rings. The second-order valence-corrected chi connectivity index (χ2v) is 5.38. The van der Waals surface area contributed by atoms with Crippen LogP contribution in [0.2, 0.25) is 0 Å². The lowest BCUT2D eigenvalue weighted by Gasteiger charge is -2.25. The topological polar surface area (TPSA) is 33.5 Å². The fourth-order valence-corrected chi connectivity index (χ4v) is 2.58. The molecule has 0 radical (unpaired) electrons. The van der Waals surface area contributed by atoms with Crippen LogP contribution in [0, 0.1) is 6.92 Å². The number of hydrogen-bond acceptors (Lipinski definition) is 2. The molecule has 2 heterocycles. The summed E-state index contributed by atoms with van der Waals surface area (Å²) in [6.07, 6.45) is 3.41. The number of carbonyl (C=O) groups is 1. The van der Waals surface area contributed by atoms with Gasteiger partial charge in [0.1, 0.15) is 5.76 Å². The van der Waals surface area contributed by atoms with Crippen LogP contribution in [0.1, 0.15) is 35.4 Å². The fraction of sp³-hybridized carbons (Fsp3) is 0.353. The van der Waals surface area contributed by atoms with Crippen molar-refractivity contribution in [2.24, 2.45) is 0 Å². The van der Waals surface area contributed by atoms with Crippen LogP contribution in [0.25, 0.3) is 11.3 Å². The van der Waals surface area contributed by atoms with Crippen molar-refractivity contribution in [1.29, 1.82) is 0 Å². The lowest BCUT2D eigenvalue weighted by molar-refractivity contribution is 0.0693. The Labute approximate surface area is 119 Å². The maximum Gasteiger partial charge on any atom is 0.289 e. The Morgan fingerprint density at radius 3 is 2.40 bits per heavy atom. The maximum absolute atomic E-state index is 12.3. The zero-order valence-electron chi connectivity index (χ0n) is 11.8. The molecule has 1 aromatic carbocycles. The van der Waals surface area contributed by atoms with Crippen LogP contribution in [0.3, 0.4) is 0 Å². The molecule has 0 bridgehead atoms. The minimum Gasteiger partial charge on any atom is -0.451 e. The number of piperidine rings is 1. The first-order valence-corrected chi connectivity index (χ1v) is 7.20. The normalized spacial score (nSPS) is 15.3. The predicted octanol–water partition coefficient (Wildman–Crippen LogP) is 3.88. The van der Waals surface area contributed by atoms with Gasteiger partial charge in [0.15, 0.2) is 5.76 Å². The molecule has 104 valence electrons. The molecule has 1 aliphatic rings. The van der Waals surface area contributed by atoms with Crippen molar-refractivity contribution in [2.75, 3.05) is 13.1 Å². The van der Waals surface area contributed by atoms with Gasteiger partial charge in [0.25, 0.3) is 5.91 Å². The van der Waals surface area contributed by atoms with Gasteiger partial charge in [0.05, 0.1) is 0 Å². The molecule has 1 amide bonds. The van der Waals surface area contributed by atoms with E-state index >= 15 is 0 Å². The monoisotopic (exact) mass is 269 g/mol. The predicted molar refractivity (Wildman–Crippen MR) is 78.6 cm³/mol. The molecule has 0 saturated carbocycles. The van der Waals surface area contributed by atoms with Crippen LogP contribution in [0.5, 0.6) is 0 Å². The molecule has 1 aliphatic heterocycles. The van der Waals surface area contributed by atoms with Gasteiger partial charge in [-0.25, -0.2) is 0 Å². The van der Waals surface area contributed by atoms with Crippen LogP contribution in [0.4, 0.5) is 0 Å². The van der Waals surface area contributed by atoms with Crippen molar-refractivity contribution in [3.05, 3.63) is 47.7 Å². The number of aryl methyl sites for hydroxylation is 1. The Hall–Kier alpha value is -2.03. The lowest BCUT2D eigenvalue weighted by atomic mass is 10.1. The summed E-state index contributed by atoms with van der Waals surface area (Å²) in [7, 11) is 0. The van der Waals surface area contributed by atoms with Gasteiger partial charge in [-0.15, -0.1) is 0 Å². The molecule has 1 saturated heterocycles. The molecule has 0 atom stereocenters. The summed E-state index contributed by atoms with van der Waals surface area (Å²) < 4.78 is 5.73. The maximum atomic E-state index is 12.3. The highest BCUT2D eigenvalue weighted by atomic mass is 16.4. The van der Waals surface area contributed by atoms with Crippen molar-refractivity contribution in [3.8, 4) is 11.3 Å². The second-order valence-electron chi connectivity index (χ2n) is 5.38. The smallest absolute Gasteiger partial charge is 0.289 e. The number of nitrogens with zero attached hydrogens (tertiary/aromatic N) is 1. The average Bonchev–Trinajstić information content (AvgIpc) is 2.98. The van der Waals surface area contributed by atoms with Crippen LogP contribution < -0.4 is 0 Å². The summed E-state index contributed by atoms with van der Waals surface area (Å²) >= 11 is 0. The molecule has 0 unspecified atom stereocenters. The van der Waals surface area contributed by atoms with E-state index in [9.17, 15) is 4.79 Å². The molecule has 1 aromatic heterocycles. The van der Waals surface area contributed by atoms with Crippen LogP contribution in [-0.4, -0.2) is 23.9 Å². The highest BCUT2D eigenvalue weighted by molar-refractivity contribution is 5.92. The first kappa shape index (κ1) is 13.0. The van der Waals surface area contributed by atoms with Gasteiger partial charge in [0.2, 0.25) is 0 Å². The van der Waals surface area contributed by atoms with E-state index in [1.54, 1.807) is 6.07 Å². The van der Waals surface area contributed by atoms with E-state index in [4.69, 9.17) is 4.42 Å². The number of rotatable bonds is 2. The first-order chi connectivity index (χ1) is 9.74. The lowest BCUT2D eigenvalue weighted by Crippen LogP contribution is -2.35. The van der Waals surface area contributed by atoms with Crippen molar-refractivity contribution in [2.45, 2.75) is 26.2 Å². The van der Waals surface area contributed by atoms with E-state index < -0.39 is 0 Å². The zero-order valence-corrected chi connectivity index (χ0v) is 11.8. The van der Waals surface area contributed by atoms with E-state index in [1.165, 1.54) is 12.0 Å². The van der Waals surface area contributed by atoms with Gasteiger partial charge in [-0.2, -0.15) is 0 Å². The Morgan fingerprint density at radius 1 is 1.00 bits per heavy atom. The largest absolute Gasteiger partial charge is 0.451 e. The molecule has 2 aromatic rings. The molecule has 3 nitrogen and oxygen atoms in total. The van der Waals surface area contributed by atoms with Crippen molar-refractivity contribution in [3.63, 3.8) is 0 Å². The molecular weight excluding hydrogens is 250 g/mol. The summed E-state index contributed by atoms with van der Waals surface area (Å²) in [6, 6.07) is 11.8. The summed E-state index contributed by atoms with van der Waals surface area (Å²) in [5.41, 5.74) is 2.22. The Kier molecular flexibility index (Phi) is 3.59. The number of likely N-dealkylation sites (tertiary alicyclic amines) is 1. The van der Waals surface area contributed by atoms with Crippen LogP contribution >= 0.6 is 0 Å². The van der Waals surface area contributed by atoms with E-state index in [1.807, 2.05) is 35.2 Å². The Balaban J connectivity index is 1.79. The van der Waals surface area contributed by atoms with Gasteiger partial charge >= 0.3 is 0 Å². The van der Waals surface area contributed by atoms with Crippen LogP contribution in [0.15, 0.2) is 40.8 Å².